The van der Waals surface area contributed by atoms with Crippen molar-refractivity contribution in [1.82, 2.24) is 0 Å². The number of rotatable bonds is 4. The Morgan fingerprint density at radius 2 is 1.91 bits per heavy atom. The lowest BCUT2D eigenvalue weighted by Crippen LogP contribution is -2.17. The lowest BCUT2D eigenvalue weighted by Gasteiger charge is -2.15. The molecular weight excluding hydrogens is 136 g/mol. The van der Waals surface area contributed by atoms with Crippen LogP contribution < -0.4 is 0 Å². The van der Waals surface area contributed by atoms with E-state index in [0.29, 0.717) is 0 Å². The second kappa shape index (κ2) is 4.55. The lowest BCUT2D eigenvalue weighted by atomic mass is 10.0. The van der Waals surface area contributed by atoms with Gasteiger partial charge < -0.3 is 5.11 Å². The predicted octanol–water partition coefficient (Wildman–Crippen LogP) is 2.89. The zero-order chi connectivity index (χ0) is 8.91. The number of unbranched alkanes of at least 4 members (excludes halogenated alkanes) is 1. The van der Waals surface area contributed by atoms with Crippen molar-refractivity contribution in [3.8, 4) is 0 Å². The van der Waals surface area contributed by atoms with Crippen molar-refractivity contribution in [2.24, 2.45) is 0 Å². The maximum Gasteiger partial charge on any atom is 0.0591 e. The first kappa shape index (κ1) is 10.7. The molecule has 11 heavy (non-hydrogen) atoms. The van der Waals surface area contributed by atoms with Gasteiger partial charge in [0, 0.05) is 0 Å². The highest BCUT2D eigenvalue weighted by Crippen LogP contribution is 2.12. The van der Waals surface area contributed by atoms with Crippen LogP contribution in [0, 0.1) is 0 Å². The Labute approximate surface area is 70.1 Å². The van der Waals surface area contributed by atoms with E-state index < -0.39 is 5.60 Å². The molecule has 0 aromatic rings. The van der Waals surface area contributed by atoms with Crippen LogP contribution >= 0.6 is 0 Å². The monoisotopic (exact) mass is 156 g/mol. The summed E-state index contributed by atoms with van der Waals surface area (Å²) in [6.45, 7) is 7.92. The van der Waals surface area contributed by atoms with Gasteiger partial charge in [0.05, 0.1) is 5.60 Å². The van der Waals surface area contributed by atoms with Crippen LogP contribution in [0.1, 0.15) is 47.0 Å². The van der Waals surface area contributed by atoms with Crippen LogP contribution in [0.4, 0.5) is 0 Å². The van der Waals surface area contributed by atoms with Crippen molar-refractivity contribution in [3.63, 3.8) is 0 Å². The van der Waals surface area contributed by atoms with Crippen LogP contribution in [0.15, 0.2) is 11.6 Å². The summed E-state index contributed by atoms with van der Waals surface area (Å²) in [7, 11) is 0. The fraction of sp³-hybridized carbons (Fsp3) is 0.800. The van der Waals surface area contributed by atoms with E-state index in [-0.39, 0.29) is 0 Å². The molecule has 0 aliphatic rings. The van der Waals surface area contributed by atoms with Gasteiger partial charge in [0.15, 0.2) is 0 Å². The molecule has 0 aromatic carbocycles. The molecule has 0 saturated heterocycles. The molecule has 1 nitrogen and oxygen atoms in total. The molecule has 0 aromatic heterocycles. The molecule has 66 valence electrons. The van der Waals surface area contributed by atoms with E-state index >= 15 is 0 Å². The van der Waals surface area contributed by atoms with Crippen LogP contribution in [0.3, 0.4) is 0 Å². The summed E-state index contributed by atoms with van der Waals surface area (Å²) in [5, 5.41) is 9.36. The van der Waals surface area contributed by atoms with Crippen molar-refractivity contribution in [1.29, 1.82) is 0 Å². The van der Waals surface area contributed by atoms with E-state index in [0.717, 1.165) is 19.3 Å². The van der Waals surface area contributed by atoms with Crippen molar-refractivity contribution < 1.29 is 5.11 Å². The fourth-order valence-electron chi connectivity index (χ4n) is 0.925. The third-order valence-electron chi connectivity index (χ3n) is 1.55. The number of allylic oxidation sites excluding steroid dienone is 2. The second-order valence-electron chi connectivity index (χ2n) is 3.99. The maximum absolute atomic E-state index is 9.36. The predicted molar refractivity (Wildman–Crippen MR) is 49.6 cm³/mol. The van der Waals surface area contributed by atoms with Gasteiger partial charge in [-0.1, -0.05) is 11.6 Å². The Hall–Kier alpha value is -0.300. The first-order valence-corrected chi connectivity index (χ1v) is 4.27. The van der Waals surface area contributed by atoms with Crippen molar-refractivity contribution >= 4 is 0 Å². The van der Waals surface area contributed by atoms with Gasteiger partial charge in [-0.25, -0.2) is 0 Å². The lowest BCUT2D eigenvalue weighted by molar-refractivity contribution is 0.0691. The number of hydrogen-bond donors (Lipinski definition) is 1. The first-order chi connectivity index (χ1) is 4.92. The average Bonchev–Trinajstić information content (AvgIpc) is 1.78. The third-order valence-corrected chi connectivity index (χ3v) is 1.55. The molecule has 0 unspecified atom stereocenters. The number of hydrogen-bond acceptors (Lipinski definition) is 1. The molecule has 0 amide bonds. The minimum Gasteiger partial charge on any atom is -0.390 e. The van der Waals surface area contributed by atoms with Crippen LogP contribution in [-0.4, -0.2) is 10.7 Å². The van der Waals surface area contributed by atoms with E-state index in [2.05, 4.69) is 19.9 Å². The van der Waals surface area contributed by atoms with E-state index in [1.165, 1.54) is 5.57 Å². The second-order valence-corrected chi connectivity index (χ2v) is 3.99. The zero-order valence-electron chi connectivity index (χ0n) is 8.15. The molecule has 0 saturated carbocycles. The zero-order valence-corrected chi connectivity index (χ0v) is 8.15. The molecular formula is C10H20O. The quantitative estimate of drug-likeness (QED) is 0.490. The van der Waals surface area contributed by atoms with Crippen molar-refractivity contribution in [2.45, 2.75) is 52.6 Å². The van der Waals surface area contributed by atoms with Crippen LogP contribution in [0.2, 0.25) is 0 Å². The fourth-order valence-corrected chi connectivity index (χ4v) is 0.925. The molecule has 0 atom stereocenters. The molecule has 0 heterocycles. The highest BCUT2D eigenvalue weighted by Gasteiger charge is 2.10. The van der Waals surface area contributed by atoms with Gasteiger partial charge in [-0.2, -0.15) is 0 Å². The van der Waals surface area contributed by atoms with E-state index in [4.69, 9.17) is 0 Å². The van der Waals surface area contributed by atoms with Gasteiger partial charge >= 0.3 is 0 Å². The Kier molecular flexibility index (Phi) is 4.43. The molecule has 0 bridgehead atoms. The smallest absolute Gasteiger partial charge is 0.0591 e. The van der Waals surface area contributed by atoms with Crippen molar-refractivity contribution in [2.75, 3.05) is 0 Å². The molecule has 0 aliphatic heterocycles. The third kappa shape index (κ3) is 9.70. The topological polar surface area (TPSA) is 20.2 Å². The summed E-state index contributed by atoms with van der Waals surface area (Å²) >= 11 is 0. The molecule has 0 radical (unpaired) electrons. The summed E-state index contributed by atoms with van der Waals surface area (Å²) in [6.07, 6.45) is 5.27. The largest absolute Gasteiger partial charge is 0.390 e. The standard InChI is InChI=1S/C10H20O/c1-9(2)7-5-6-8-10(3,4)11/h7,11H,5-6,8H2,1-4H3. The normalized spacial score (nSPS) is 11.4. The van der Waals surface area contributed by atoms with Gasteiger partial charge in [0.1, 0.15) is 0 Å². The van der Waals surface area contributed by atoms with Gasteiger partial charge in [-0.15, -0.1) is 0 Å². The molecule has 1 N–H and O–H groups in total. The minimum absolute atomic E-state index is 0.491. The highest BCUT2D eigenvalue weighted by atomic mass is 16.3. The molecule has 1 heteroatoms. The van der Waals surface area contributed by atoms with E-state index in [1.807, 2.05) is 13.8 Å². The van der Waals surface area contributed by atoms with Gasteiger partial charge in [0.25, 0.3) is 0 Å². The van der Waals surface area contributed by atoms with Crippen molar-refractivity contribution in [3.05, 3.63) is 11.6 Å². The van der Waals surface area contributed by atoms with Gasteiger partial charge in [-0.3, -0.25) is 0 Å². The van der Waals surface area contributed by atoms with Crippen LogP contribution in [0.5, 0.6) is 0 Å². The number of aliphatic hydroxyl groups is 1. The highest BCUT2D eigenvalue weighted by molar-refractivity contribution is 4.92. The van der Waals surface area contributed by atoms with Crippen LogP contribution in [-0.2, 0) is 0 Å². The maximum atomic E-state index is 9.36. The summed E-state index contributed by atoms with van der Waals surface area (Å²) in [5.74, 6) is 0. The van der Waals surface area contributed by atoms with Crippen LogP contribution in [0.25, 0.3) is 0 Å². The average molecular weight is 156 g/mol. The van der Waals surface area contributed by atoms with Gasteiger partial charge in [-0.05, 0) is 47.0 Å². The molecule has 0 spiro atoms. The Balaban J connectivity index is 3.36. The Morgan fingerprint density at radius 3 is 2.27 bits per heavy atom. The van der Waals surface area contributed by atoms with E-state index in [1.54, 1.807) is 0 Å². The SMILES string of the molecule is CC(C)=CCCCC(C)(C)O. The Bertz CT molecular complexity index is 124. The van der Waals surface area contributed by atoms with E-state index in [9.17, 15) is 5.11 Å². The summed E-state index contributed by atoms with van der Waals surface area (Å²) in [4.78, 5) is 0. The summed E-state index contributed by atoms with van der Waals surface area (Å²) in [5.41, 5.74) is 0.871. The van der Waals surface area contributed by atoms with Gasteiger partial charge in [0.2, 0.25) is 0 Å². The minimum atomic E-state index is -0.491. The Morgan fingerprint density at radius 1 is 1.36 bits per heavy atom. The molecule has 0 aliphatic carbocycles. The first-order valence-electron chi connectivity index (χ1n) is 4.27. The molecule has 0 fully saturated rings. The summed E-state index contributed by atoms with van der Waals surface area (Å²) < 4.78 is 0. The molecule has 0 rings (SSSR count). The summed E-state index contributed by atoms with van der Waals surface area (Å²) in [6, 6.07) is 0.